The van der Waals surface area contributed by atoms with E-state index in [1.807, 2.05) is 25.1 Å². The topological polar surface area (TPSA) is 79.0 Å². The molecule has 1 saturated carbocycles. The van der Waals surface area contributed by atoms with Crippen LogP contribution in [0.5, 0.6) is 0 Å². The van der Waals surface area contributed by atoms with E-state index in [2.05, 4.69) is 6.07 Å². The standard InChI is InChI=1S/C23H21NO4/c1-12-16(14-4-6-17-15(10-14)5-7-20(17)25)8-9-24-21(12)18(13-2-3-13)11-19(22(24)26)23(27)28/h4,6,8-11,13,20,25H,2-3,5,7H2,1H3,(H,27,28). The lowest BCUT2D eigenvalue weighted by atomic mass is 9.94. The number of hydrogen-bond donors (Lipinski definition) is 2. The van der Waals surface area contributed by atoms with E-state index in [1.165, 1.54) is 9.96 Å². The lowest BCUT2D eigenvalue weighted by Gasteiger charge is -2.16. The average Bonchev–Trinajstić information content (AvgIpc) is 3.45. The predicted octanol–water partition coefficient (Wildman–Crippen LogP) is 3.83. The molecule has 2 heterocycles. The third-order valence-corrected chi connectivity index (χ3v) is 6.16. The normalized spacial score (nSPS) is 18.4. The van der Waals surface area contributed by atoms with Crippen molar-refractivity contribution in [3.8, 4) is 11.1 Å². The number of nitrogens with zero attached hydrogens (tertiary/aromatic N) is 1. The number of aliphatic hydroxyl groups excluding tert-OH is 1. The molecule has 1 aromatic carbocycles. The Hall–Kier alpha value is -2.92. The minimum absolute atomic E-state index is 0.168. The SMILES string of the molecule is Cc1c(-c2ccc3c(c2)CCC3O)ccn2c(=O)c(C(=O)O)cc(C3CC3)c12. The molecular formula is C23H21NO4. The maximum atomic E-state index is 12.7. The Morgan fingerprint density at radius 2 is 1.89 bits per heavy atom. The lowest BCUT2D eigenvalue weighted by molar-refractivity contribution is 0.0694. The van der Waals surface area contributed by atoms with Gasteiger partial charge in [-0.3, -0.25) is 9.20 Å². The van der Waals surface area contributed by atoms with Gasteiger partial charge in [0.1, 0.15) is 5.56 Å². The van der Waals surface area contributed by atoms with Crippen LogP contribution in [0.2, 0.25) is 0 Å². The van der Waals surface area contributed by atoms with E-state index in [0.29, 0.717) is 5.92 Å². The summed E-state index contributed by atoms with van der Waals surface area (Å²) >= 11 is 0. The van der Waals surface area contributed by atoms with Crippen molar-refractivity contribution in [2.45, 2.75) is 44.6 Å². The van der Waals surface area contributed by atoms with Gasteiger partial charge in [0.05, 0.1) is 11.6 Å². The summed E-state index contributed by atoms with van der Waals surface area (Å²) in [5.41, 5.74) is 6.38. The van der Waals surface area contributed by atoms with Crippen molar-refractivity contribution < 1.29 is 15.0 Å². The van der Waals surface area contributed by atoms with Gasteiger partial charge < -0.3 is 10.2 Å². The highest BCUT2D eigenvalue weighted by Crippen LogP contribution is 2.44. The van der Waals surface area contributed by atoms with Gasteiger partial charge in [0, 0.05) is 6.20 Å². The van der Waals surface area contributed by atoms with Gasteiger partial charge in [0.15, 0.2) is 0 Å². The minimum Gasteiger partial charge on any atom is -0.477 e. The molecule has 0 radical (unpaired) electrons. The minimum atomic E-state index is -1.18. The van der Waals surface area contributed by atoms with Gasteiger partial charge in [-0.1, -0.05) is 18.2 Å². The molecule has 2 aromatic heterocycles. The molecule has 0 spiro atoms. The molecule has 2 N–H and O–H groups in total. The lowest BCUT2D eigenvalue weighted by Crippen LogP contribution is -2.23. The van der Waals surface area contributed by atoms with Crippen molar-refractivity contribution in [1.29, 1.82) is 0 Å². The third-order valence-electron chi connectivity index (χ3n) is 6.16. The first-order chi connectivity index (χ1) is 13.5. The van der Waals surface area contributed by atoms with Crippen molar-refractivity contribution >= 4 is 11.5 Å². The number of aryl methyl sites for hydroxylation is 2. The van der Waals surface area contributed by atoms with Crippen LogP contribution in [-0.4, -0.2) is 20.6 Å². The molecule has 0 amide bonds. The van der Waals surface area contributed by atoms with Gasteiger partial charge in [0.25, 0.3) is 5.56 Å². The number of hydrogen-bond acceptors (Lipinski definition) is 3. The fourth-order valence-electron chi connectivity index (χ4n) is 4.53. The Labute approximate surface area is 161 Å². The predicted molar refractivity (Wildman–Crippen MR) is 106 cm³/mol. The number of benzene rings is 1. The van der Waals surface area contributed by atoms with Crippen molar-refractivity contribution in [2.75, 3.05) is 0 Å². The van der Waals surface area contributed by atoms with Gasteiger partial charge in [-0.2, -0.15) is 0 Å². The summed E-state index contributed by atoms with van der Waals surface area (Å²) in [7, 11) is 0. The van der Waals surface area contributed by atoms with E-state index in [9.17, 15) is 19.8 Å². The zero-order valence-corrected chi connectivity index (χ0v) is 15.6. The number of carboxylic acids is 1. The number of carbonyl (C=O) groups is 1. The number of aliphatic hydroxyl groups is 1. The van der Waals surface area contributed by atoms with Crippen LogP contribution in [0, 0.1) is 6.92 Å². The second-order valence-electron chi connectivity index (χ2n) is 7.94. The highest BCUT2D eigenvalue weighted by atomic mass is 16.4. The molecule has 1 atom stereocenters. The van der Waals surface area contributed by atoms with Gasteiger partial charge in [-0.25, -0.2) is 4.79 Å². The van der Waals surface area contributed by atoms with Gasteiger partial charge in [0.2, 0.25) is 0 Å². The average molecular weight is 375 g/mol. The number of fused-ring (bicyclic) bond motifs is 2. The van der Waals surface area contributed by atoms with E-state index < -0.39 is 11.5 Å². The summed E-state index contributed by atoms with van der Waals surface area (Å²) in [5, 5.41) is 19.5. The van der Waals surface area contributed by atoms with Crippen LogP contribution in [0.15, 0.2) is 41.3 Å². The Morgan fingerprint density at radius 3 is 2.61 bits per heavy atom. The first-order valence-electron chi connectivity index (χ1n) is 9.69. The monoisotopic (exact) mass is 375 g/mol. The molecule has 5 nitrogen and oxygen atoms in total. The summed E-state index contributed by atoms with van der Waals surface area (Å²) in [6, 6.07) is 9.61. The van der Waals surface area contributed by atoms with Crippen LogP contribution in [0.1, 0.15) is 63.9 Å². The van der Waals surface area contributed by atoms with Gasteiger partial charge >= 0.3 is 5.97 Å². The van der Waals surface area contributed by atoms with Crippen LogP contribution >= 0.6 is 0 Å². The molecule has 1 fully saturated rings. The molecule has 5 heteroatoms. The molecular weight excluding hydrogens is 354 g/mol. The number of aromatic carboxylic acids is 1. The first kappa shape index (κ1) is 17.2. The first-order valence-corrected chi connectivity index (χ1v) is 9.69. The van der Waals surface area contributed by atoms with Crippen LogP contribution in [0.4, 0.5) is 0 Å². The van der Waals surface area contributed by atoms with Gasteiger partial charge in [-0.05, 0) is 84.0 Å². The zero-order valence-electron chi connectivity index (χ0n) is 15.6. The van der Waals surface area contributed by atoms with Crippen molar-refractivity contribution in [1.82, 2.24) is 4.40 Å². The molecule has 0 bridgehead atoms. The van der Waals surface area contributed by atoms with Crippen molar-refractivity contribution in [3.63, 3.8) is 0 Å². The second kappa shape index (κ2) is 6.04. The van der Waals surface area contributed by atoms with Crippen LogP contribution in [-0.2, 0) is 6.42 Å². The molecule has 2 aliphatic rings. The fourth-order valence-corrected chi connectivity index (χ4v) is 4.53. The maximum Gasteiger partial charge on any atom is 0.341 e. The largest absolute Gasteiger partial charge is 0.477 e. The number of carboxylic acid groups (broad SMARTS) is 1. The molecule has 2 aliphatic carbocycles. The van der Waals surface area contributed by atoms with E-state index in [0.717, 1.165) is 59.0 Å². The molecule has 142 valence electrons. The number of pyridine rings is 2. The maximum absolute atomic E-state index is 12.7. The Morgan fingerprint density at radius 1 is 1.11 bits per heavy atom. The Kier molecular flexibility index (Phi) is 3.71. The second-order valence-corrected chi connectivity index (χ2v) is 7.94. The third kappa shape index (κ3) is 2.50. The molecule has 3 aromatic rings. The number of aromatic nitrogens is 1. The molecule has 0 aliphatic heterocycles. The fraction of sp³-hybridized carbons (Fsp3) is 0.304. The summed E-state index contributed by atoms with van der Waals surface area (Å²) in [5.74, 6) is -0.863. The van der Waals surface area contributed by atoms with Crippen molar-refractivity contribution in [3.05, 3.63) is 74.7 Å². The Balaban J connectivity index is 1.76. The van der Waals surface area contributed by atoms with E-state index >= 15 is 0 Å². The molecule has 5 rings (SSSR count). The van der Waals surface area contributed by atoms with Crippen molar-refractivity contribution in [2.24, 2.45) is 0 Å². The van der Waals surface area contributed by atoms with Crippen LogP contribution in [0.25, 0.3) is 16.6 Å². The van der Waals surface area contributed by atoms with E-state index in [1.54, 1.807) is 12.3 Å². The Bertz CT molecular complexity index is 1200. The number of rotatable bonds is 3. The van der Waals surface area contributed by atoms with E-state index in [4.69, 9.17) is 0 Å². The quantitative estimate of drug-likeness (QED) is 0.729. The molecule has 1 unspecified atom stereocenters. The summed E-state index contributed by atoms with van der Waals surface area (Å²) in [4.78, 5) is 24.2. The summed E-state index contributed by atoms with van der Waals surface area (Å²) < 4.78 is 1.49. The highest BCUT2D eigenvalue weighted by molar-refractivity contribution is 5.89. The van der Waals surface area contributed by atoms with Gasteiger partial charge in [-0.15, -0.1) is 0 Å². The summed E-state index contributed by atoms with van der Waals surface area (Å²) in [6.45, 7) is 2.00. The highest BCUT2D eigenvalue weighted by Gasteiger charge is 2.29. The zero-order chi connectivity index (χ0) is 19.6. The van der Waals surface area contributed by atoms with E-state index in [-0.39, 0.29) is 11.7 Å². The molecule has 28 heavy (non-hydrogen) atoms. The smallest absolute Gasteiger partial charge is 0.341 e. The van der Waals surface area contributed by atoms with Crippen LogP contribution in [0.3, 0.4) is 0 Å². The van der Waals surface area contributed by atoms with Crippen LogP contribution < -0.4 is 5.56 Å². The molecule has 0 saturated heterocycles. The summed E-state index contributed by atoms with van der Waals surface area (Å²) in [6.07, 6.45) is 4.98.